The van der Waals surface area contributed by atoms with Gasteiger partial charge in [-0.1, -0.05) is 24.6 Å². The van der Waals surface area contributed by atoms with Crippen molar-refractivity contribution >= 4 is 54.6 Å². The number of ether oxygens (including phenoxy) is 1. The Hall–Kier alpha value is -2.68. The molecule has 0 unspecified atom stereocenters. The molecule has 0 spiro atoms. The average Bonchev–Trinajstić information content (AvgIpc) is 3.47. The molecule has 1 amide bonds. The third kappa shape index (κ3) is 6.45. The second kappa shape index (κ2) is 12.0. The number of amides is 1. The highest BCUT2D eigenvalue weighted by atomic mass is 35.5. The van der Waals surface area contributed by atoms with Crippen molar-refractivity contribution in [3.63, 3.8) is 0 Å². The third-order valence-corrected chi connectivity index (χ3v) is 11.5. The maximum Gasteiger partial charge on any atom is 0.261 e. The number of rotatable bonds is 9. The van der Waals surface area contributed by atoms with Gasteiger partial charge in [-0.25, -0.2) is 16.8 Å². The van der Waals surface area contributed by atoms with Gasteiger partial charge in [0.25, 0.3) is 26.0 Å². The summed E-state index contributed by atoms with van der Waals surface area (Å²) in [7, 11) is -6.27. The Morgan fingerprint density at radius 3 is 2.50 bits per heavy atom. The largest absolute Gasteiger partial charge is 0.488 e. The molecular formula is C26H30ClN3O7S3. The van der Waals surface area contributed by atoms with Gasteiger partial charge in [0.2, 0.25) is 0 Å². The summed E-state index contributed by atoms with van der Waals surface area (Å²) in [4.78, 5) is 15.1. The number of carbonyl (C=O) groups excluding carboxylic acids is 1. The number of thiophene rings is 1. The van der Waals surface area contributed by atoms with E-state index in [1.165, 1.54) is 64.8 Å². The second-order valence-electron chi connectivity index (χ2n) is 9.61. The monoisotopic (exact) mass is 627 g/mol. The first kappa shape index (κ1) is 30.3. The normalized spacial score (nSPS) is 18.9. The van der Waals surface area contributed by atoms with E-state index in [2.05, 4.69) is 4.72 Å². The van der Waals surface area contributed by atoms with Crippen LogP contribution >= 0.6 is 22.9 Å². The molecular weight excluding hydrogens is 598 g/mol. The zero-order valence-electron chi connectivity index (χ0n) is 22.0. The summed E-state index contributed by atoms with van der Waals surface area (Å²) in [5.41, 5.74) is 0.210. The SMILES string of the molecule is C[C@@H]1CN([C@@H](C)CO)C(=O)c2cc(NS(=O)(=O)c3ccc(Cl)cc3)ccc2O[C@H]1CN(C)S(=O)(=O)c1cccs1. The fourth-order valence-corrected chi connectivity index (χ4v) is 7.81. The summed E-state index contributed by atoms with van der Waals surface area (Å²) in [5, 5.41) is 11.9. The molecule has 14 heteroatoms. The van der Waals surface area contributed by atoms with Crippen molar-refractivity contribution < 1.29 is 31.5 Å². The molecule has 0 fully saturated rings. The quantitative estimate of drug-likeness (QED) is 0.369. The van der Waals surface area contributed by atoms with Crippen molar-refractivity contribution in [3.05, 3.63) is 70.6 Å². The van der Waals surface area contributed by atoms with Gasteiger partial charge in [0, 0.05) is 30.2 Å². The smallest absolute Gasteiger partial charge is 0.261 e. The molecule has 10 nitrogen and oxygen atoms in total. The van der Waals surface area contributed by atoms with Gasteiger partial charge in [0.05, 0.1) is 29.7 Å². The van der Waals surface area contributed by atoms with E-state index in [4.69, 9.17) is 16.3 Å². The van der Waals surface area contributed by atoms with Crippen LogP contribution < -0.4 is 9.46 Å². The summed E-state index contributed by atoms with van der Waals surface area (Å²) >= 11 is 6.99. The predicted molar refractivity (Wildman–Crippen MR) is 154 cm³/mol. The highest BCUT2D eigenvalue weighted by Crippen LogP contribution is 2.32. The molecule has 1 aromatic heterocycles. The van der Waals surface area contributed by atoms with E-state index in [0.717, 1.165) is 11.3 Å². The first-order valence-corrected chi connectivity index (χ1v) is 16.5. The molecule has 0 radical (unpaired) electrons. The molecule has 0 bridgehead atoms. The van der Waals surface area contributed by atoms with Crippen molar-refractivity contribution in [3.8, 4) is 5.75 Å². The minimum absolute atomic E-state index is 0.00131. The number of nitrogens with zero attached hydrogens (tertiary/aromatic N) is 2. The van der Waals surface area contributed by atoms with E-state index >= 15 is 0 Å². The number of aliphatic hydroxyl groups excluding tert-OH is 1. The van der Waals surface area contributed by atoms with Crippen molar-refractivity contribution in [2.24, 2.45) is 5.92 Å². The molecule has 0 saturated carbocycles. The zero-order valence-corrected chi connectivity index (χ0v) is 25.2. The number of anilines is 1. The summed E-state index contributed by atoms with van der Waals surface area (Å²) in [5.74, 6) is -0.586. The Morgan fingerprint density at radius 2 is 1.88 bits per heavy atom. The minimum atomic E-state index is -3.99. The van der Waals surface area contributed by atoms with Crippen LogP contribution in [-0.2, 0) is 20.0 Å². The van der Waals surface area contributed by atoms with Crippen LogP contribution in [0.2, 0.25) is 5.02 Å². The van der Waals surface area contributed by atoms with Crippen molar-refractivity contribution in [1.29, 1.82) is 0 Å². The molecule has 3 aromatic rings. The first-order valence-electron chi connectivity index (χ1n) is 12.3. The summed E-state index contributed by atoms with van der Waals surface area (Å²) < 4.78 is 62.2. The Morgan fingerprint density at radius 1 is 1.18 bits per heavy atom. The summed E-state index contributed by atoms with van der Waals surface area (Å²) in [6, 6.07) is 12.6. The zero-order chi connectivity index (χ0) is 29.2. The highest BCUT2D eigenvalue weighted by Gasteiger charge is 2.35. The molecule has 2 N–H and O–H groups in total. The molecule has 216 valence electrons. The van der Waals surface area contributed by atoms with Crippen molar-refractivity contribution in [2.75, 3.05) is 31.5 Å². The van der Waals surface area contributed by atoms with Crippen LogP contribution in [0.5, 0.6) is 5.75 Å². The van der Waals surface area contributed by atoms with Gasteiger partial charge < -0.3 is 14.7 Å². The average molecular weight is 628 g/mol. The molecule has 2 heterocycles. The Kier molecular flexibility index (Phi) is 9.12. The maximum absolute atomic E-state index is 13.6. The van der Waals surface area contributed by atoms with Crippen LogP contribution in [0.1, 0.15) is 24.2 Å². The molecule has 40 heavy (non-hydrogen) atoms. The van der Waals surface area contributed by atoms with Gasteiger partial charge in [0.15, 0.2) is 0 Å². The van der Waals surface area contributed by atoms with Crippen LogP contribution in [0.3, 0.4) is 0 Å². The fraction of sp³-hybridized carbons (Fsp3) is 0.346. The topological polar surface area (TPSA) is 133 Å². The van der Waals surface area contributed by atoms with Gasteiger partial charge in [0.1, 0.15) is 16.1 Å². The van der Waals surface area contributed by atoms with E-state index in [-0.39, 0.29) is 51.7 Å². The van der Waals surface area contributed by atoms with Gasteiger partial charge in [-0.3, -0.25) is 9.52 Å². The lowest BCUT2D eigenvalue weighted by molar-refractivity contribution is 0.0387. The molecule has 2 aromatic carbocycles. The molecule has 1 aliphatic heterocycles. The van der Waals surface area contributed by atoms with Crippen LogP contribution in [-0.4, -0.2) is 75.9 Å². The van der Waals surface area contributed by atoms with E-state index in [1.54, 1.807) is 18.4 Å². The van der Waals surface area contributed by atoms with Crippen LogP contribution in [0.15, 0.2) is 69.1 Å². The highest BCUT2D eigenvalue weighted by molar-refractivity contribution is 7.92. The third-order valence-electron chi connectivity index (χ3n) is 6.64. The van der Waals surface area contributed by atoms with Gasteiger partial charge in [-0.2, -0.15) is 4.31 Å². The summed E-state index contributed by atoms with van der Waals surface area (Å²) in [6.07, 6.45) is -0.656. The number of hydrogen-bond acceptors (Lipinski definition) is 8. The Balaban J connectivity index is 1.68. The van der Waals surface area contributed by atoms with Crippen LogP contribution in [0, 0.1) is 5.92 Å². The van der Waals surface area contributed by atoms with Crippen molar-refractivity contribution in [1.82, 2.24) is 9.21 Å². The van der Waals surface area contributed by atoms with Gasteiger partial charge in [-0.15, -0.1) is 11.3 Å². The van der Waals surface area contributed by atoms with Crippen LogP contribution in [0.25, 0.3) is 0 Å². The number of fused-ring (bicyclic) bond motifs is 1. The molecule has 0 aliphatic carbocycles. The maximum atomic E-state index is 13.6. The number of sulfonamides is 2. The lowest BCUT2D eigenvalue weighted by Gasteiger charge is -2.38. The Bertz CT molecular complexity index is 1560. The number of hydrogen-bond donors (Lipinski definition) is 2. The van der Waals surface area contributed by atoms with E-state index in [0.29, 0.717) is 5.02 Å². The predicted octanol–water partition coefficient (Wildman–Crippen LogP) is 3.74. The van der Waals surface area contributed by atoms with Gasteiger partial charge in [-0.05, 0) is 60.8 Å². The van der Waals surface area contributed by atoms with E-state index in [1.807, 2.05) is 6.92 Å². The van der Waals surface area contributed by atoms with E-state index in [9.17, 15) is 26.7 Å². The number of halogens is 1. The number of carbonyl (C=O) groups is 1. The van der Waals surface area contributed by atoms with E-state index < -0.39 is 38.1 Å². The minimum Gasteiger partial charge on any atom is -0.488 e. The number of nitrogens with one attached hydrogen (secondary N) is 1. The fourth-order valence-electron chi connectivity index (χ4n) is 4.25. The first-order chi connectivity index (χ1) is 18.8. The Labute approximate surface area is 243 Å². The second-order valence-corrected chi connectivity index (χ2v) is 14.9. The molecule has 1 aliphatic rings. The standard InChI is InChI=1S/C26H30ClN3O7S3/c1-17-14-30(18(2)16-31)26(32)22-13-20(28-39(33,34)21-9-6-19(27)7-10-21)8-11-23(22)37-24(17)15-29(3)40(35,36)25-5-4-12-38-25/h4-13,17-18,24,28,31H,14-16H2,1-3H3/t17-,18+,24+/m1/s1. The number of aliphatic hydroxyl groups is 1. The lowest BCUT2D eigenvalue weighted by Crippen LogP contribution is -2.50. The number of benzene rings is 2. The number of likely N-dealkylation sites (N-methyl/N-ethyl adjacent to an activating group) is 1. The summed E-state index contributed by atoms with van der Waals surface area (Å²) in [6.45, 7) is 3.43. The van der Waals surface area contributed by atoms with Crippen LogP contribution in [0.4, 0.5) is 5.69 Å². The molecule has 4 rings (SSSR count). The molecule has 0 saturated heterocycles. The molecule has 3 atom stereocenters. The lowest BCUT2D eigenvalue weighted by atomic mass is 9.99. The van der Waals surface area contributed by atoms with Crippen molar-refractivity contribution in [2.45, 2.75) is 35.1 Å². The van der Waals surface area contributed by atoms with Gasteiger partial charge >= 0.3 is 0 Å².